The average Bonchev–Trinajstić information content (AvgIpc) is 2.32. The molecule has 12 heavy (non-hydrogen) atoms. The molecule has 1 aliphatic carbocycles. The number of nitrogen functional groups attached to an aromatic ring is 1. The molecule has 0 saturated heterocycles. The van der Waals surface area contributed by atoms with Gasteiger partial charge in [-0.05, 0) is 12.8 Å². The molecule has 0 unspecified atom stereocenters. The molecule has 1 aliphatic rings. The lowest BCUT2D eigenvalue weighted by Crippen LogP contribution is -2.34. The van der Waals surface area contributed by atoms with Crippen molar-refractivity contribution in [3.63, 3.8) is 0 Å². The second-order valence-electron chi connectivity index (χ2n) is 3.33. The average molecular weight is 166 g/mol. The summed E-state index contributed by atoms with van der Waals surface area (Å²) in [6, 6.07) is 2.58. The number of aromatic amines is 1. The van der Waals surface area contributed by atoms with Crippen molar-refractivity contribution in [2.24, 2.45) is 0 Å². The molecule has 2 rings (SSSR count). The summed E-state index contributed by atoms with van der Waals surface area (Å²) in [6.07, 6.45) is 3.98. The maximum atomic E-state index is 5.46. The van der Waals surface area contributed by atoms with E-state index in [9.17, 15) is 0 Å². The van der Waals surface area contributed by atoms with Crippen LogP contribution in [0.4, 0.5) is 5.82 Å². The first-order valence-corrected chi connectivity index (χ1v) is 4.38. The summed E-state index contributed by atoms with van der Waals surface area (Å²) in [4.78, 5) is 0. The molecule has 0 atom stereocenters. The first-order chi connectivity index (χ1) is 5.84. The van der Waals surface area contributed by atoms with Gasteiger partial charge in [-0.25, -0.2) is 0 Å². The summed E-state index contributed by atoms with van der Waals surface area (Å²) in [7, 11) is 0. The largest absolute Gasteiger partial charge is 0.382 e. The van der Waals surface area contributed by atoms with E-state index in [1.165, 1.54) is 19.3 Å². The molecule has 1 aromatic heterocycles. The van der Waals surface area contributed by atoms with Crippen LogP contribution in [0.2, 0.25) is 0 Å². The Balaban J connectivity index is 1.79. The van der Waals surface area contributed by atoms with Gasteiger partial charge in [0.25, 0.3) is 0 Å². The molecular weight excluding hydrogens is 152 g/mol. The quantitative estimate of drug-likeness (QED) is 0.617. The van der Waals surface area contributed by atoms with Crippen molar-refractivity contribution in [2.75, 3.05) is 5.73 Å². The normalized spacial score (nSPS) is 17.7. The minimum Gasteiger partial charge on any atom is -0.382 e. The Morgan fingerprint density at radius 3 is 3.00 bits per heavy atom. The molecule has 0 aromatic carbocycles. The van der Waals surface area contributed by atoms with E-state index in [-0.39, 0.29) is 0 Å². The molecule has 4 N–H and O–H groups in total. The number of nitrogens with zero attached hydrogens (tertiary/aromatic N) is 1. The van der Waals surface area contributed by atoms with Crippen LogP contribution in [-0.2, 0) is 6.54 Å². The predicted octanol–water partition coefficient (Wildman–Crippen LogP) is 0.634. The van der Waals surface area contributed by atoms with Gasteiger partial charge in [0.15, 0.2) is 0 Å². The molecule has 0 bridgehead atoms. The number of hydrogen-bond acceptors (Lipinski definition) is 3. The van der Waals surface area contributed by atoms with Gasteiger partial charge in [-0.15, -0.1) is 0 Å². The van der Waals surface area contributed by atoms with Gasteiger partial charge in [-0.2, -0.15) is 5.10 Å². The number of H-pyrrole nitrogens is 1. The molecule has 0 aliphatic heterocycles. The first-order valence-electron chi connectivity index (χ1n) is 4.38. The Hall–Kier alpha value is -1.03. The van der Waals surface area contributed by atoms with Crippen LogP contribution in [0.15, 0.2) is 6.07 Å². The van der Waals surface area contributed by atoms with E-state index in [0.29, 0.717) is 5.82 Å². The van der Waals surface area contributed by atoms with Crippen molar-refractivity contribution in [3.05, 3.63) is 11.8 Å². The summed E-state index contributed by atoms with van der Waals surface area (Å²) in [6.45, 7) is 0.856. The fraction of sp³-hybridized carbons (Fsp3) is 0.625. The van der Waals surface area contributed by atoms with E-state index in [4.69, 9.17) is 5.73 Å². The molecule has 4 nitrogen and oxygen atoms in total. The Labute approximate surface area is 71.5 Å². The molecule has 1 fully saturated rings. The van der Waals surface area contributed by atoms with E-state index in [1.807, 2.05) is 6.07 Å². The van der Waals surface area contributed by atoms with Crippen LogP contribution < -0.4 is 11.1 Å². The minimum atomic E-state index is 0.570. The Morgan fingerprint density at radius 1 is 1.67 bits per heavy atom. The lowest BCUT2D eigenvalue weighted by atomic mass is 9.93. The molecular formula is C8H14N4. The lowest BCUT2D eigenvalue weighted by Gasteiger charge is -2.26. The Bertz CT molecular complexity index is 251. The van der Waals surface area contributed by atoms with E-state index in [0.717, 1.165) is 18.3 Å². The molecule has 1 heterocycles. The van der Waals surface area contributed by atoms with Crippen LogP contribution in [-0.4, -0.2) is 16.2 Å². The fourth-order valence-electron chi connectivity index (χ4n) is 1.34. The van der Waals surface area contributed by atoms with Gasteiger partial charge in [-0.1, -0.05) is 6.42 Å². The second-order valence-corrected chi connectivity index (χ2v) is 3.33. The molecule has 4 heteroatoms. The van der Waals surface area contributed by atoms with E-state index < -0.39 is 0 Å². The third kappa shape index (κ3) is 1.58. The monoisotopic (exact) mass is 166 g/mol. The van der Waals surface area contributed by atoms with Gasteiger partial charge in [0.05, 0.1) is 5.69 Å². The molecule has 66 valence electrons. The van der Waals surface area contributed by atoms with Gasteiger partial charge in [0.2, 0.25) is 0 Å². The van der Waals surface area contributed by atoms with Crippen LogP contribution in [0.25, 0.3) is 0 Å². The Kier molecular flexibility index (Phi) is 1.99. The Morgan fingerprint density at radius 2 is 2.50 bits per heavy atom. The first kappa shape index (κ1) is 7.61. The second kappa shape index (κ2) is 3.15. The molecule has 0 spiro atoms. The topological polar surface area (TPSA) is 66.7 Å². The van der Waals surface area contributed by atoms with Crippen molar-refractivity contribution in [1.82, 2.24) is 15.5 Å². The number of anilines is 1. The lowest BCUT2D eigenvalue weighted by molar-refractivity contribution is 0.337. The molecule has 0 amide bonds. The zero-order valence-corrected chi connectivity index (χ0v) is 7.01. The number of nitrogens with two attached hydrogens (primary N) is 1. The minimum absolute atomic E-state index is 0.570. The highest BCUT2D eigenvalue weighted by Gasteiger charge is 2.16. The standard InChI is InChI=1S/C8H14N4/c9-8-4-7(11-12-8)5-10-6-2-1-3-6/h4,6,10H,1-3,5H2,(H3,9,11,12). The van der Waals surface area contributed by atoms with Gasteiger partial charge in [0, 0.05) is 18.7 Å². The fourth-order valence-corrected chi connectivity index (χ4v) is 1.34. The van der Waals surface area contributed by atoms with E-state index in [1.54, 1.807) is 0 Å². The maximum Gasteiger partial charge on any atom is 0.145 e. The van der Waals surface area contributed by atoms with Crippen molar-refractivity contribution in [2.45, 2.75) is 31.8 Å². The number of aromatic nitrogens is 2. The predicted molar refractivity (Wildman–Crippen MR) is 47.5 cm³/mol. The summed E-state index contributed by atoms with van der Waals surface area (Å²) >= 11 is 0. The van der Waals surface area contributed by atoms with E-state index >= 15 is 0 Å². The van der Waals surface area contributed by atoms with Gasteiger partial charge < -0.3 is 11.1 Å². The highest BCUT2D eigenvalue weighted by atomic mass is 15.2. The summed E-state index contributed by atoms with van der Waals surface area (Å²) < 4.78 is 0. The zero-order chi connectivity index (χ0) is 8.39. The van der Waals surface area contributed by atoms with Gasteiger partial charge in [-0.3, -0.25) is 5.10 Å². The van der Waals surface area contributed by atoms with Crippen LogP contribution >= 0.6 is 0 Å². The maximum absolute atomic E-state index is 5.46. The van der Waals surface area contributed by atoms with Crippen molar-refractivity contribution >= 4 is 5.82 Å². The number of hydrogen-bond donors (Lipinski definition) is 3. The summed E-state index contributed by atoms with van der Waals surface area (Å²) in [5.41, 5.74) is 6.53. The van der Waals surface area contributed by atoms with Crippen molar-refractivity contribution in [1.29, 1.82) is 0 Å². The highest BCUT2D eigenvalue weighted by Crippen LogP contribution is 2.18. The SMILES string of the molecule is Nc1cc(CNC2CCC2)[nH]n1. The highest BCUT2D eigenvalue weighted by molar-refractivity contribution is 5.28. The third-order valence-electron chi connectivity index (χ3n) is 2.34. The van der Waals surface area contributed by atoms with Crippen molar-refractivity contribution in [3.8, 4) is 0 Å². The van der Waals surface area contributed by atoms with E-state index in [2.05, 4.69) is 15.5 Å². The summed E-state index contributed by atoms with van der Waals surface area (Å²) in [5, 5.41) is 10.1. The molecule has 1 aromatic rings. The van der Waals surface area contributed by atoms with Crippen LogP contribution in [0, 0.1) is 0 Å². The van der Waals surface area contributed by atoms with Crippen LogP contribution in [0.3, 0.4) is 0 Å². The zero-order valence-electron chi connectivity index (χ0n) is 7.01. The van der Waals surface area contributed by atoms with Gasteiger partial charge in [0.1, 0.15) is 5.82 Å². The number of nitrogens with one attached hydrogen (secondary N) is 2. The smallest absolute Gasteiger partial charge is 0.145 e. The van der Waals surface area contributed by atoms with Crippen LogP contribution in [0.5, 0.6) is 0 Å². The number of rotatable bonds is 3. The third-order valence-corrected chi connectivity index (χ3v) is 2.34. The molecule has 1 saturated carbocycles. The van der Waals surface area contributed by atoms with Crippen LogP contribution in [0.1, 0.15) is 25.0 Å². The van der Waals surface area contributed by atoms with Gasteiger partial charge >= 0.3 is 0 Å². The molecule has 0 radical (unpaired) electrons. The van der Waals surface area contributed by atoms with Crippen molar-refractivity contribution < 1.29 is 0 Å². The summed E-state index contributed by atoms with van der Waals surface area (Å²) in [5.74, 6) is 0.570.